The molecule has 0 aliphatic heterocycles. The quantitative estimate of drug-likeness (QED) is 0.159. The lowest BCUT2D eigenvalue weighted by molar-refractivity contribution is 0.327. The lowest BCUT2D eigenvalue weighted by atomic mass is 9.96. The van der Waals surface area contributed by atoms with E-state index in [1.807, 2.05) is 18.2 Å². The summed E-state index contributed by atoms with van der Waals surface area (Å²) < 4.78 is 0. The van der Waals surface area contributed by atoms with Crippen molar-refractivity contribution in [2.75, 3.05) is 33.2 Å². The average molecular weight is 491 g/mol. The molecule has 0 saturated carbocycles. The highest BCUT2D eigenvalue weighted by Gasteiger charge is 2.12. The minimum Gasteiger partial charge on any atom is -0.508 e. The summed E-state index contributed by atoms with van der Waals surface area (Å²) in [5.41, 5.74) is 4.25. The second-order valence-electron chi connectivity index (χ2n) is 9.69. The molecule has 0 radical (unpaired) electrons. The van der Waals surface area contributed by atoms with Gasteiger partial charge in [-0.15, -0.1) is 0 Å². The number of aryl methyl sites for hydroxylation is 1. The van der Waals surface area contributed by atoms with Gasteiger partial charge >= 0.3 is 0 Å². The van der Waals surface area contributed by atoms with Gasteiger partial charge in [0.1, 0.15) is 5.75 Å². The predicted molar refractivity (Wildman–Crippen MR) is 148 cm³/mol. The summed E-state index contributed by atoms with van der Waals surface area (Å²) in [5.74, 6) is 0.136. The fourth-order valence-corrected chi connectivity index (χ4v) is 4.57. The highest BCUT2D eigenvalue weighted by atomic mass is 16.3. The van der Waals surface area contributed by atoms with E-state index in [2.05, 4.69) is 47.6 Å². The Morgan fingerprint density at radius 3 is 2.25 bits per heavy atom. The number of nitrogens with one attached hydrogen (secondary N) is 1. The molecule has 0 amide bonds. The molecule has 36 heavy (non-hydrogen) atoms. The molecule has 0 saturated heterocycles. The molecule has 0 bridgehead atoms. The maximum atomic E-state index is 10.4. The SMILES string of the molecule is CN(CCCCCCNCCc1ccc(O)c(O)c1CCc1cccc(O)c1)CCc1ccccc1. The van der Waals surface area contributed by atoms with Crippen molar-refractivity contribution in [2.24, 2.45) is 0 Å². The van der Waals surface area contributed by atoms with Crippen molar-refractivity contribution >= 4 is 0 Å². The molecule has 0 spiro atoms. The van der Waals surface area contributed by atoms with Crippen LogP contribution in [0.4, 0.5) is 0 Å². The van der Waals surface area contributed by atoms with E-state index in [0.717, 1.165) is 55.7 Å². The Balaban J connectivity index is 1.29. The van der Waals surface area contributed by atoms with Gasteiger partial charge in [0.05, 0.1) is 0 Å². The molecule has 0 heterocycles. The first-order valence-electron chi connectivity index (χ1n) is 13.3. The van der Waals surface area contributed by atoms with Gasteiger partial charge in [0.25, 0.3) is 0 Å². The summed E-state index contributed by atoms with van der Waals surface area (Å²) >= 11 is 0. The molecule has 0 unspecified atom stereocenters. The minimum atomic E-state index is -0.0803. The molecule has 0 aliphatic rings. The van der Waals surface area contributed by atoms with E-state index in [4.69, 9.17) is 0 Å². The van der Waals surface area contributed by atoms with E-state index < -0.39 is 0 Å². The monoisotopic (exact) mass is 490 g/mol. The topological polar surface area (TPSA) is 76.0 Å². The number of benzene rings is 3. The zero-order chi connectivity index (χ0) is 25.6. The highest BCUT2D eigenvalue weighted by Crippen LogP contribution is 2.32. The third-order valence-corrected chi connectivity index (χ3v) is 6.77. The summed E-state index contributed by atoms with van der Waals surface area (Å²) in [6, 6.07) is 21.3. The van der Waals surface area contributed by atoms with E-state index in [1.165, 1.54) is 31.2 Å². The first-order chi connectivity index (χ1) is 17.5. The van der Waals surface area contributed by atoms with Gasteiger partial charge in [-0.05, 0) is 100 Å². The molecule has 194 valence electrons. The van der Waals surface area contributed by atoms with E-state index >= 15 is 0 Å². The molecule has 0 fully saturated rings. The van der Waals surface area contributed by atoms with Crippen LogP contribution >= 0.6 is 0 Å². The van der Waals surface area contributed by atoms with Crippen LogP contribution in [0.2, 0.25) is 0 Å². The molecule has 0 aromatic heterocycles. The van der Waals surface area contributed by atoms with Crippen molar-refractivity contribution in [3.8, 4) is 17.2 Å². The number of rotatable bonds is 16. The fraction of sp³-hybridized carbons (Fsp3) is 0.419. The molecular formula is C31H42N2O3. The van der Waals surface area contributed by atoms with Gasteiger partial charge in [0.15, 0.2) is 11.5 Å². The van der Waals surface area contributed by atoms with Gasteiger partial charge in [0.2, 0.25) is 0 Å². The Bertz CT molecular complexity index is 1040. The molecule has 3 aromatic rings. The first-order valence-corrected chi connectivity index (χ1v) is 13.3. The number of hydrogen-bond donors (Lipinski definition) is 4. The van der Waals surface area contributed by atoms with Gasteiger partial charge in [-0.2, -0.15) is 0 Å². The smallest absolute Gasteiger partial charge is 0.160 e. The maximum Gasteiger partial charge on any atom is 0.160 e. The summed E-state index contributed by atoms with van der Waals surface area (Å²) in [5, 5.41) is 33.6. The summed E-state index contributed by atoms with van der Waals surface area (Å²) in [6.45, 7) is 4.09. The average Bonchev–Trinajstić information content (AvgIpc) is 2.88. The molecular weight excluding hydrogens is 448 g/mol. The molecule has 5 nitrogen and oxygen atoms in total. The maximum absolute atomic E-state index is 10.4. The Morgan fingerprint density at radius 1 is 0.667 bits per heavy atom. The van der Waals surface area contributed by atoms with Gasteiger partial charge in [-0.3, -0.25) is 0 Å². The van der Waals surface area contributed by atoms with Crippen molar-refractivity contribution in [3.63, 3.8) is 0 Å². The lowest BCUT2D eigenvalue weighted by Crippen LogP contribution is -2.22. The van der Waals surface area contributed by atoms with E-state index in [0.29, 0.717) is 12.8 Å². The molecule has 0 atom stereocenters. The lowest BCUT2D eigenvalue weighted by Gasteiger charge is -2.16. The second kappa shape index (κ2) is 15.2. The first kappa shape index (κ1) is 27.6. The number of hydrogen-bond acceptors (Lipinski definition) is 5. The number of phenols is 3. The van der Waals surface area contributed by atoms with Gasteiger partial charge in [-0.1, -0.05) is 61.4 Å². The Kier molecular flexibility index (Phi) is 11.6. The van der Waals surface area contributed by atoms with Crippen molar-refractivity contribution < 1.29 is 15.3 Å². The fourth-order valence-electron chi connectivity index (χ4n) is 4.57. The van der Waals surface area contributed by atoms with Crippen molar-refractivity contribution in [2.45, 2.75) is 51.4 Å². The molecule has 0 aliphatic carbocycles. The number of nitrogens with zero attached hydrogens (tertiary/aromatic N) is 1. The molecule has 3 rings (SSSR count). The van der Waals surface area contributed by atoms with Crippen LogP contribution in [0.3, 0.4) is 0 Å². The summed E-state index contributed by atoms with van der Waals surface area (Å²) in [4.78, 5) is 2.43. The number of likely N-dealkylation sites (N-methyl/N-ethyl adjacent to an activating group) is 1. The Morgan fingerprint density at radius 2 is 1.44 bits per heavy atom. The third-order valence-electron chi connectivity index (χ3n) is 6.77. The van der Waals surface area contributed by atoms with Crippen LogP contribution in [-0.4, -0.2) is 53.4 Å². The van der Waals surface area contributed by atoms with E-state index in [-0.39, 0.29) is 17.2 Å². The largest absolute Gasteiger partial charge is 0.508 e. The molecule has 5 heteroatoms. The standard InChI is InChI=1S/C31H42N2O3/c1-33(23-19-25-10-5-4-6-11-25)22-8-3-2-7-20-32-21-18-27-15-17-30(35)31(36)29(27)16-14-26-12-9-13-28(34)24-26/h4-6,9-13,15,17,24,32,34-36H,2-3,7-8,14,16,18-23H2,1H3. The van der Waals surface area contributed by atoms with Crippen molar-refractivity contribution in [3.05, 3.63) is 89.0 Å². The van der Waals surface area contributed by atoms with Crippen molar-refractivity contribution in [1.29, 1.82) is 0 Å². The summed E-state index contributed by atoms with van der Waals surface area (Å²) in [7, 11) is 2.21. The predicted octanol–water partition coefficient (Wildman–Crippen LogP) is 5.46. The summed E-state index contributed by atoms with van der Waals surface area (Å²) in [6.07, 6.45) is 8.09. The second-order valence-corrected chi connectivity index (χ2v) is 9.69. The third kappa shape index (κ3) is 9.56. The zero-order valence-corrected chi connectivity index (χ0v) is 21.6. The van der Waals surface area contributed by atoms with Crippen LogP contribution in [0.15, 0.2) is 66.7 Å². The van der Waals surface area contributed by atoms with Crippen LogP contribution < -0.4 is 5.32 Å². The van der Waals surface area contributed by atoms with Crippen LogP contribution in [0.5, 0.6) is 17.2 Å². The highest BCUT2D eigenvalue weighted by molar-refractivity contribution is 5.49. The number of phenolic OH excluding ortho intramolecular Hbond substituents is 3. The Labute approximate surface area is 216 Å². The minimum absolute atomic E-state index is 0.0265. The number of aromatic hydroxyl groups is 3. The molecule has 4 N–H and O–H groups in total. The van der Waals surface area contributed by atoms with Gasteiger partial charge in [0, 0.05) is 12.1 Å². The van der Waals surface area contributed by atoms with Gasteiger partial charge in [-0.25, -0.2) is 0 Å². The Hall–Kier alpha value is -3.02. The van der Waals surface area contributed by atoms with Crippen LogP contribution in [0.25, 0.3) is 0 Å². The van der Waals surface area contributed by atoms with Crippen LogP contribution in [0.1, 0.15) is 47.9 Å². The van der Waals surface area contributed by atoms with E-state index in [9.17, 15) is 15.3 Å². The number of unbranched alkanes of at least 4 members (excludes halogenated alkanes) is 3. The van der Waals surface area contributed by atoms with Crippen LogP contribution in [-0.2, 0) is 25.7 Å². The normalized spacial score (nSPS) is 11.3. The van der Waals surface area contributed by atoms with E-state index in [1.54, 1.807) is 18.2 Å². The van der Waals surface area contributed by atoms with Crippen LogP contribution in [0, 0.1) is 0 Å². The van der Waals surface area contributed by atoms with Crippen molar-refractivity contribution in [1.82, 2.24) is 10.2 Å². The van der Waals surface area contributed by atoms with Gasteiger partial charge < -0.3 is 25.5 Å². The molecule has 3 aromatic carbocycles. The zero-order valence-electron chi connectivity index (χ0n) is 21.6.